The fraction of sp³-hybridized carbons (Fsp3) is 0.571. The van der Waals surface area contributed by atoms with E-state index in [1.54, 1.807) is 35.0 Å². The van der Waals surface area contributed by atoms with Crippen molar-refractivity contribution in [1.29, 1.82) is 0 Å². The Labute approximate surface area is 239 Å². The number of likely N-dealkylation sites (N-methyl/N-ethyl adjacent to an activating group) is 1. The Balaban J connectivity index is 0.00000147. The van der Waals surface area contributed by atoms with Crippen LogP contribution in [0.2, 0.25) is 0 Å². The van der Waals surface area contributed by atoms with Gasteiger partial charge >= 0.3 is 0 Å². The van der Waals surface area contributed by atoms with E-state index in [0.717, 1.165) is 24.1 Å². The van der Waals surface area contributed by atoms with E-state index in [0.29, 0.717) is 56.2 Å². The van der Waals surface area contributed by atoms with E-state index < -0.39 is 0 Å². The van der Waals surface area contributed by atoms with Crippen LogP contribution in [0.1, 0.15) is 65.3 Å². The number of aromatic nitrogens is 3. The Morgan fingerprint density at radius 3 is 2.61 bits per heavy atom. The molecule has 2 bridgehead atoms. The van der Waals surface area contributed by atoms with Crippen LogP contribution in [0, 0.1) is 5.92 Å². The zero-order valence-corrected chi connectivity index (χ0v) is 24.3. The molecular formula is C28H41N7O6. The third-order valence-corrected chi connectivity index (χ3v) is 7.44. The van der Waals surface area contributed by atoms with Gasteiger partial charge in [-0.15, -0.1) is 0 Å². The molecule has 13 nitrogen and oxygen atoms in total. The second kappa shape index (κ2) is 14.5. The number of fused-ring (bicyclic) bond motifs is 1. The molecule has 0 saturated heterocycles. The molecule has 0 fully saturated rings. The summed E-state index contributed by atoms with van der Waals surface area (Å²) in [5, 5.41) is 14.2. The summed E-state index contributed by atoms with van der Waals surface area (Å²) in [4.78, 5) is 69.1. The van der Waals surface area contributed by atoms with Gasteiger partial charge in [0.2, 0.25) is 11.8 Å². The van der Waals surface area contributed by atoms with Crippen molar-refractivity contribution < 1.29 is 29.1 Å². The van der Waals surface area contributed by atoms with E-state index in [1.165, 1.54) is 4.90 Å². The first-order valence-electron chi connectivity index (χ1n) is 13.9. The molecule has 0 saturated carbocycles. The number of carbonyl (C=O) groups is 5. The summed E-state index contributed by atoms with van der Waals surface area (Å²) in [6.45, 7) is 5.10. The highest BCUT2D eigenvalue weighted by Gasteiger charge is 2.35. The lowest BCUT2D eigenvalue weighted by Crippen LogP contribution is -2.50. The molecule has 13 heteroatoms. The average Bonchev–Trinajstić information content (AvgIpc) is 3.58. The molecular weight excluding hydrogens is 530 g/mol. The summed E-state index contributed by atoms with van der Waals surface area (Å²) in [6, 6.07) is 3.35. The van der Waals surface area contributed by atoms with Crippen molar-refractivity contribution in [3.8, 4) is 0 Å². The van der Waals surface area contributed by atoms with Crippen molar-refractivity contribution in [3.63, 3.8) is 0 Å². The molecule has 0 aromatic carbocycles. The lowest BCUT2D eigenvalue weighted by Gasteiger charge is -2.36. The molecule has 2 aromatic rings. The van der Waals surface area contributed by atoms with E-state index in [1.807, 2.05) is 11.9 Å². The molecule has 1 unspecified atom stereocenters. The van der Waals surface area contributed by atoms with Gasteiger partial charge in [-0.25, -0.2) is 0 Å². The predicted molar refractivity (Wildman–Crippen MR) is 150 cm³/mol. The SMILES string of the molecule is CC(C)CCN1C(=O)CN(C(=O)c2ccc[nH]2)CCCNC(=O)CN(C)C(=O)c2nn(C)c3c2CC1CC3.O=CO. The van der Waals surface area contributed by atoms with Crippen LogP contribution in [0.5, 0.6) is 0 Å². The summed E-state index contributed by atoms with van der Waals surface area (Å²) in [6.07, 6.45) is 4.96. The monoisotopic (exact) mass is 571 g/mol. The van der Waals surface area contributed by atoms with Crippen LogP contribution < -0.4 is 5.32 Å². The number of aromatic amines is 1. The first-order valence-corrected chi connectivity index (χ1v) is 13.9. The third kappa shape index (κ3) is 7.95. The first kappa shape index (κ1) is 31.4. The van der Waals surface area contributed by atoms with Gasteiger partial charge < -0.3 is 30.1 Å². The number of H-pyrrole nitrogens is 1. The van der Waals surface area contributed by atoms with Crippen LogP contribution >= 0.6 is 0 Å². The third-order valence-electron chi connectivity index (χ3n) is 7.44. The van der Waals surface area contributed by atoms with E-state index in [2.05, 4.69) is 29.2 Å². The van der Waals surface area contributed by atoms with E-state index >= 15 is 0 Å². The Morgan fingerprint density at radius 1 is 1.22 bits per heavy atom. The highest BCUT2D eigenvalue weighted by Crippen LogP contribution is 2.28. The number of amides is 4. The quantitative estimate of drug-likeness (QED) is 0.460. The molecule has 1 aliphatic carbocycles. The zero-order valence-electron chi connectivity index (χ0n) is 24.3. The van der Waals surface area contributed by atoms with Gasteiger partial charge in [-0.2, -0.15) is 5.10 Å². The Kier molecular flexibility index (Phi) is 11.1. The number of nitrogens with one attached hydrogen (secondary N) is 2. The van der Waals surface area contributed by atoms with Gasteiger partial charge in [0.1, 0.15) is 12.2 Å². The van der Waals surface area contributed by atoms with E-state index in [4.69, 9.17) is 9.90 Å². The van der Waals surface area contributed by atoms with Crippen molar-refractivity contribution in [2.45, 2.75) is 52.0 Å². The summed E-state index contributed by atoms with van der Waals surface area (Å²) >= 11 is 0. The molecule has 3 heterocycles. The fourth-order valence-electron chi connectivity index (χ4n) is 5.28. The maximum absolute atomic E-state index is 13.8. The smallest absolute Gasteiger partial charge is 0.290 e. The Bertz CT molecular complexity index is 1220. The molecule has 41 heavy (non-hydrogen) atoms. The van der Waals surface area contributed by atoms with Crippen molar-refractivity contribution >= 4 is 30.1 Å². The molecule has 0 radical (unpaired) electrons. The number of hydrogen-bond acceptors (Lipinski definition) is 6. The second-order valence-electron chi connectivity index (χ2n) is 10.8. The average molecular weight is 572 g/mol. The van der Waals surface area contributed by atoms with Crippen LogP contribution in [0.3, 0.4) is 0 Å². The Morgan fingerprint density at radius 2 is 1.95 bits per heavy atom. The second-order valence-corrected chi connectivity index (χ2v) is 10.8. The molecule has 4 rings (SSSR count). The van der Waals surface area contributed by atoms with Gasteiger partial charge in [0, 0.05) is 57.2 Å². The number of hydrogen-bond donors (Lipinski definition) is 3. The standard InChI is InChI=1S/C27H39N7O4.CH2O2/c1-18(2)10-14-34-19-8-9-22-20(15-19)25(30-32(22)4)27(38)31(3)16-23(35)29-12-6-13-33(17-24(34)36)26(37)21-7-5-11-28-21;2-1-3/h5,7,11,18-19,28H,6,8-10,12-17H2,1-4H3,(H,29,35);1H,(H,2,3). The van der Waals surface area contributed by atoms with Crippen molar-refractivity contribution in [2.24, 2.45) is 13.0 Å². The zero-order chi connectivity index (χ0) is 30.1. The minimum absolute atomic E-state index is 0.0468. The largest absolute Gasteiger partial charge is 0.483 e. The summed E-state index contributed by atoms with van der Waals surface area (Å²) in [7, 11) is 3.43. The molecule has 2 aromatic heterocycles. The van der Waals surface area contributed by atoms with Crippen LogP contribution in [0.4, 0.5) is 0 Å². The van der Waals surface area contributed by atoms with Crippen LogP contribution in [-0.4, -0.2) is 110 Å². The van der Waals surface area contributed by atoms with Gasteiger partial charge in [-0.1, -0.05) is 13.8 Å². The minimum Gasteiger partial charge on any atom is -0.483 e. The number of carbonyl (C=O) groups excluding carboxylic acids is 4. The molecule has 224 valence electrons. The summed E-state index contributed by atoms with van der Waals surface area (Å²) in [5.74, 6) is -0.525. The van der Waals surface area contributed by atoms with Gasteiger partial charge in [0.15, 0.2) is 5.69 Å². The van der Waals surface area contributed by atoms with E-state index in [-0.39, 0.29) is 49.2 Å². The van der Waals surface area contributed by atoms with Crippen molar-refractivity contribution in [1.82, 2.24) is 34.8 Å². The van der Waals surface area contributed by atoms with Gasteiger partial charge in [-0.3, -0.25) is 28.7 Å². The maximum atomic E-state index is 13.8. The normalized spacial score (nSPS) is 18.6. The molecule has 1 aliphatic heterocycles. The van der Waals surface area contributed by atoms with Crippen LogP contribution in [-0.2, 0) is 34.3 Å². The van der Waals surface area contributed by atoms with Gasteiger partial charge in [0.25, 0.3) is 18.3 Å². The van der Waals surface area contributed by atoms with Crippen LogP contribution in [0.25, 0.3) is 0 Å². The minimum atomic E-state index is -0.299. The van der Waals surface area contributed by atoms with Crippen molar-refractivity contribution in [2.75, 3.05) is 39.8 Å². The van der Waals surface area contributed by atoms with Crippen LogP contribution in [0.15, 0.2) is 18.3 Å². The number of aryl methyl sites for hydroxylation is 1. The highest BCUT2D eigenvalue weighted by atomic mass is 16.3. The molecule has 0 spiro atoms. The first-order chi connectivity index (χ1) is 19.6. The predicted octanol–water partition coefficient (Wildman–Crippen LogP) is 0.915. The molecule has 4 amide bonds. The highest BCUT2D eigenvalue weighted by molar-refractivity contribution is 5.97. The van der Waals surface area contributed by atoms with E-state index in [9.17, 15) is 19.2 Å². The fourth-order valence-corrected chi connectivity index (χ4v) is 5.28. The number of rotatable bonds is 4. The van der Waals surface area contributed by atoms with Gasteiger partial charge in [0.05, 0.1) is 6.54 Å². The number of nitrogens with zero attached hydrogens (tertiary/aromatic N) is 5. The molecule has 2 aliphatic rings. The van der Waals surface area contributed by atoms with Gasteiger partial charge in [-0.05, 0) is 50.2 Å². The topological polar surface area (TPSA) is 161 Å². The molecule has 3 N–H and O–H groups in total. The Hall–Kier alpha value is -4.16. The maximum Gasteiger partial charge on any atom is 0.290 e. The number of carboxylic acid groups (broad SMARTS) is 1. The summed E-state index contributed by atoms with van der Waals surface area (Å²) < 4.78 is 1.75. The molecule has 1 atom stereocenters. The van der Waals surface area contributed by atoms with Crippen molar-refractivity contribution in [3.05, 3.63) is 41.0 Å². The lowest BCUT2D eigenvalue weighted by atomic mass is 9.89. The lowest BCUT2D eigenvalue weighted by molar-refractivity contribution is -0.135. The summed E-state index contributed by atoms with van der Waals surface area (Å²) in [5.41, 5.74) is 2.60.